The first-order valence-electron chi connectivity index (χ1n) is 8.42. The Balaban J connectivity index is 1.92. The van der Waals surface area contributed by atoms with E-state index < -0.39 is 11.9 Å². The van der Waals surface area contributed by atoms with Gasteiger partial charge in [-0.05, 0) is 39.3 Å². The zero-order chi connectivity index (χ0) is 16.4. The number of hydrogen-bond acceptors (Lipinski definition) is 5. The van der Waals surface area contributed by atoms with Crippen molar-refractivity contribution in [2.24, 2.45) is 0 Å². The Bertz CT molecular complexity index is 645. The third-order valence-corrected chi connectivity index (χ3v) is 4.90. The van der Waals surface area contributed by atoms with Crippen LogP contribution < -0.4 is 11.2 Å². The van der Waals surface area contributed by atoms with Crippen LogP contribution in [0.4, 0.5) is 0 Å². The highest BCUT2D eigenvalue weighted by molar-refractivity contribution is 5.03. The molecule has 128 valence electrons. The third-order valence-electron chi connectivity index (χ3n) is 4.90. The number of nitrogens with zero attached hydrogens (tertiary/aromatic N) is 2. The van der Waals surface area contributed by atoms with E-state index in [4.69, 9.17) is 4.74 Å². The lowest BCUT2D eigenvalue weighted by Gasteiger charge is -2.31. The van der Waals surface area contributed by atoms with Gasteiger partial charge < -0.3 is 9.84 Å². The van der Waals surface area contributed by atoms with Crippen molar-refractivity contribution in [3.63, 3.8) is 0 Å². The van der Waals surface area contributed by atoms with Gasteiger partial charge in [0.2, 0.25) is 0 Å². The number of aryl methyl sites for hydroxylation is 1. The highest BCUT2D eigenvalue weighted by Gasteiger charge is 2.40. The maximum absolute atomic E-state index is 12.2. The zero-order valence-corrected chi connectivity index (χ0v) is 13.5. The quantitative estimate of drug-likeness (QED) is 0.839. The minimum atomic E-state index is -0.465. The molecule has 7 heteroatoms. The van der Waals surface area contributed by atoms with E-state index in [1.165, 1.54) is 17.4 Å². The van der Waals surface area contributed by atoms with Gasteiger partial charge in [0.1, 0.15) is 0 Å². The van der Waals surface area contributed by atoms with Crippen molar-refractivity contribution in [3.8, 4) is 0 Å². The van der Waals surface area contributed by atoms with Crippen LogP contribution in [-0.4, -0.2) is 51.4 Å². The van der Waals surface area contributed by atoms with Crippen LogP contribution in [-0.2, 0) is 4.74 Å². The number of aliphatic hydroxyl groups excluding tert-OH is 1. The lowest BCUT2D eigenvalue weighted by atomic mass is 10.1. The van der Waals surface area contributed by atoms with Crippen molar-refractivity contribution < 1.29 is 9.84 Å². The summed E-state index contributed by atoms with van der Waals surface area (Å²) in [5, 5.41) is 9.48. The van der Waals surface area contributed by atoms with Gasteiger partial charge in [0, 0.05) is 11.8 Å². The second-order valence-electron chi connectivity index (χ2n) is 6.56. The van der Waals surface area contributed by atoms with Crippen LogP contribution >= 0.6 is 0 Å². The number of aromatic nitrogens is 2. The molecule has 0 spiro atoms. The summed E-state index contributed by atoms with van der Waals surface area (Å²) in [7, 11) is 0. The Labute approximate surface area is 134 Å². The molecule has 23 heavy (non-hydrogen) atoms. The lowest BCUT2D eigenvalue weighted by molar-refractivity contribution is -0.0434. The van der Waals surface area contributed by atoms with E-state index in [9.17, 15) is 14.7 Å². The monoisotopic (exact) mass is 323 g/mol. The summed E-state index contributed by atoms with van der Waals surface area (Å²) in [6.07, 6.45) is 6.29. The second kappa shape index (κ2) is 6.98. The number of aromatic amines is 1. The molecule has 2 aliphatic rings. The molecule has 0 aliphatic carbocycles. The highest BCUT2D eigenvalue weighted by atomic mass is 16.5. The summed E-state index contributed by atoms with van der Waals surface area (Å²) in [5.41, 5.74) is -0.339. The fourth-order valence-corrected chi connectivity index (χ4v) is 3.63. The minimum Gasteiger partial charge on any atom is -0.394 e. The van der Waals surface area contributed by atoms with E-state index in [1.54, 1.807) is 13.1 Å². The zero-order valence-electron chi connectivity index (χ0n) is 13.5. The summed E-state index contributed by atoms with van der Waals surface area (Å²) < 4.78 is 7.40. The molecule has 0 bridgehead atoms. The van der Waals surface area contributed by atoms with Crippen molar-refractivity contribution in [2.75, 3.05) is 19.7 Å². The van der Waals surface area contributed by atoms with Crippen molar-refractivity contribution in [1.82, 2.24) is 14.5 Å². The van der Waals surface area contributed by atoms with Crippen molar-refractivity contribution >= 4 is 0 Å². The molecule has 7 nitrogen and oxygen atoms in total. The number of H-pyrrole nitrogens is 1. The topological polar surface area (TPSA) is 87.6 Å². The van der Waals surface area contributed by atoms with Crippen molar-refractivity contribution in [3.05, 3.63) is 32.6 Å². The average molecular weight is 323 g/mol. The number of nitrogens with one attached hydrogen (secondary N) is 1. The molecule has 0 saturated carbocycles. The molecular weight excluding hydrogens is 298 g/mol. The number of likely N-dealkylation sites (tertiary alicyclic amines) is 1. The summed E-state index contributed by atoms with van der Waals surface area (Å²) in [6.45, 7) is 3.59. The highest BCUT2D eigenvalue weighted by Crippen LogP contribution is 2.33. The molecule has 3 atom stereocenters. The SMILES string of the molecule is Cc1cn([C@@H]2O[C@H](CO)CC2N2CCCCCC2)c(=O)[nH]c1=O. The Morgan fingerprint density at radius 2 is 1.96 bits per heavy atom. The van der Waals surface area contributed by atoms with E-state index in [0.717, 1.165) is 25.9 Å². The van der Waals surface area contributed by atoms with Crippen LogP contribution in [0.2, 0.25) is 0 Å². The van der Waals surface area contributed by atoms with Crippen molar-refractivity contribution in [1.29, 1.82) is 0 Å². The standard InChI is InChI=1S/C16H25N3O4/c1-11-9-19(16(22)17-14(11)21)15-13(8-12(10-20)23-15)18-6-4-2-3-5-7-18/h9,12-13,15,20H,2-8,10H2,1H3,(H,17,21,22)/t12-,13?,15+/m0/s1. The molecule has 1 unspecified atom stereocenters. The molecule has 1 aromatic rings. The minimum absolute atomic E-state index is 0.0493. The third kappa shape index (κ3) is 3.41. The smallest absolute Gasteiger partial charge is 0.330 e. The van der Waals surface area contributed by atoms with Gasteiger partial charge in [-0.1, -0.05) is 12.8 Å². The fraction of sp³-hybridized carbons (Fsp3) is 0.750. The molecule has 0 amide bonds. The van der Waals surface area contributed by atoms with Crippen LogP contribution in [0.5, 0.6) is 0 Å². The molecule has 2 saturated heterocycles. The van der Waals surface area contributed by atoms with E-state index >= 15 is 0 Å². The first-order valence-corrected chi connectivity index (χ1v) is 8.42. The summed E-state index contributed by atoms with van der Waals surface area (Å²) >= 11 is 0. The van der Waals surface area contributed by atoms with Crippen molar-refractivity contribution in [2.45, 2.75) is 57.4 Å². The number of rotatable bonds is 3. The van der Waals surface area contributed by atoms with Crippen LogP contribution in [0.1, 0.15) is 43.9 Å². The van der Waals surface area contributed by atoms with Gasteiger partial charge in [-0.25, -0.2) is 4.79 Å². The molecule has 1 aromatic heterocycles. The van der Waals surface area contributed by atoms with E-state index in [2.05, 4.69) is 9.88 Å². The summed E-state index contributed by atoms with van der Waals surface area (Å²) in [5.74, 6) is 0. The van der Waals surface area contributed by atoms with E-state index in [-0.39, 0.29) is 24.3 Å². The Morgan fingerprint density at radius 3 is 2.61 bits per heavy atom. The second-order valence-corrected chi connectivity index (χ2v) is 6.56. The van der Waals surface area contributed by atoms with Gasteiger partial charge in [-0.3, -0.25) is 19.2 Å². The summed E-state index contributed by atoms with van der Waals surface area (Å²) in [4.78, 5) is 28.5. The van der Waals surface area contributed by atoms with Gasteiger partial charge in [-0.15, -0.1) is 0 Å². The van der Waals surface area contributed by atoms with E-state index in [1.807, 2.05) is 0 Å². The largest absolute Gasteiger partial charge is 0.394 e. The Morgan fingerprint density at radius 1 is 1.26 bits per heavy atom. The predicted octanol–water partition coefficient (Wildman–Crippen LogP) is 0.369. The molecule has 2 fully saturated rings. The number of ether oxygens (including phenoxy) is 1. The summed E-state index contributed by atoms with van der Waals surface area (Å²) in [6, 6.07) is 0.0493. The molecule has 2 aliphatic heterocycles. The first-order chi connectivity index (χ1) is 11.1. The van der Waals surface area contributed by atoms with E-state index in [0.29, 0.717) is 12.0 Å². The Kier molecular flexibility index (Phi) is 4.99. The van der Waals surface area contributed by atoms with Gasteiger partial charge >= 0.3 is 5.69 Å². The van der Waals surface area contributed by atoms with Gasteiger partial charge in [0.25, 0.3) is 5.56 Å². The fourth-order valence-electron chi connectivity index (χ4n) is 3.63. The maximum atomic E-state index is 12.2. The van der Waals surface area contributed by atoms with Crippen LogP contribution in [0.3, 0.4) is 0 Å². The lowest BCUT2D eigenvalue weighted by Crippen LogP contribution is -2.44. The maximum Gasteiger partial charge on any atom is 0.330 e. The Hall–Kier alpha value is -1.44. The van der Waals surface area contributed by atoms with Gasteiger partial charge in [0.05, 0.1) is 18.8 Å². The molecule has 3 rings (SSSR count). The normalized spacial score (nSPS) is 29.6. The molecule has 0 radical (unpaired) electrons. The first kappa shape index (κ1) is 16.4. The average Bonchev–Trinajstić information content (AvgIpc) is 2.77. The molecule has 3 heterocycles. The van der Waals surface area contributed by atoms with Crippen LogP contribution in [0.25, 0.3) is 0 Å². The molecule has 2 N–H and O–H groups in total. The van der Waals surface area contributed by atoms with Crippen LogP contribution in [0, 0.1) is 6.92 Å². The number of hydrogen-bond donors (Lipinski definition) is 2. The van der Waals surface area contributed by atoms with Crippen LogP contribution in [0.15, 0.2) is 15.8 Å². The van der Waals surface area contributed by atoms with Gasteiger partial charge in [-0.2, -0.15) is 0 Å². The molecule has 0 aromatic carbocycles. The van der Waals surface area contributed by atoms with Gasteiger partial charge in [0.15, 0.2) is 6.23 Å². The number of aliphatic hydroxyl groups is 1. The predicted molar refractivity (Wildman–Crippen MR) is 85.5 cm³/mol. The molecular formula is C16H25N3O4.